The fourth-order valence-electron chi connectivity index (χ4n) is 3.20. The topological polar surface area (TPSA) is 23.5 Å². The first kappa shape index (κ1) is 14.1. The van der Waals surface area contributed by atoms with Gasteiger partial charge >= 0.3 is 0 Å². The molecule has 2 bridgehead atoms. The van der Waals surface area contributed by atoms with E-state index in [1.165, 1.54) is 24.1 Å². The summed E-state index contributed by atoms with van der Waals surface area (Å²) in [5, 5.41) is 9.34. The fraction of sp³-hybridized carbons (Fsp3) is 0.529. The molecule has 0 spiro atoms. The molecule has 2 aliphatic rings. The van der Waals surface area contributed by atoms with E-state index in [-0.39, 0.29) is 0 Å². The maximum Gasteiger partial charge on any atom is 0.115 e. The molecule has 2 atom stereocenters. The molecule has 2 nitrogen and oxygen atoms in total. The third kappa shape index (κ3) is 2.69. The Labute approximate surface area is 116 Å². The number of phenolic OH excluding ortho intramolecular Hbond substituents is 1. The summed E-state index contributed by atoms with van der Waals surface area (Å²) in [5.41, 5.74) is 2.72. The molecule has 1 N–H and O–H groups in total. The lowest BCUT2D eigenvalue weighted by atomic mass is 9.99. The van der Waals surface area contributed by atoms with Crippen LogP contribution in [0.1, 0.15) is 39.7 Å². The zero-order valence-corrected chi connectivity index (χ0v) is 12.4. The normalized spacial score (nSPS) is 25.2. The largest absolute Gasteiger partial charge is 0.508 e. The van der Waals surface area contributed by atoms with Gasteiger partial charge in [-0.05, 0) is 49.5 Å². The van der Waals surface area contributed by atoms with E-state index in [1.807, 2.05) is 26.0 Å². The van der Waals surface area contributed by atoms with Crippen molar-refractivity contribution in [1.82, 2.24) is 4.90 Å². The molecule has 1 heterocycles. The molecule has 1 aromatic rings. The van der Waals surface area contributed by atoms with Crippen LogP contribution in [-0.4, -0.2) is 28.6 Å². The number of aromatic hydroxyl groups is 1. The summed E-state index contributed by atoms with van der Waals surface area (Å²) in [6.07, 6.45) is 3.70. The summed E-state index contributed by atoms with van der Waals surface area (Å²) < 4.78 is 0. The predicted octanol–water partition coefficient (Wildman–Crippen LogP) is 3.91. The third-order valence-electron chi connectivity index (χ3n) is 4.01. The van der Waals surface area contributed by atoms with Crippen molar-refractivity contribution in [1.29, 1.82) is 0 Å². The summed E-state index contributed by atoms with van der Waals surface area (Å²) >= 11 is 0. The maximum atomic E-state index is 9.34. The van der Waals surface area contributed by atoms with Crippen molar-refractivity contribution < 1.29 is 5.11 Å². The van der Waals surface area contributed by atoms with Gasteiger partial charge in [0, 0.05) is 18.6 Å². The van der Waals surface area contributed by atoms with Gasteiger partial charge in [0.2, 0.25) is 0 Å². The molecule has 1 saturated heterocycles. The molecule has 3 rings (SSSR count). The molecule has 0 aromatic heterocycles. The van der Waals surface area contributed by atoms with Gasteiger partial charge in [0.1, 0.15) is 5.75 Å². The number of fused-ring (bicyclic) bond motifs is 2. The smallest absolute Gasteiger partial charge is 0.115 e. The van der Waals surface area contributed by atoms with Gasteiger partial charge in [-0.2, -0.15) is 0 Å². The lowest BCUT2D eigenvalue weighted by Crippen LogP contribution is -2.37. The highest BCUT2D eigenvalue weighted by molar-refractivity contribution is 5.73. The highest BCUT2D eigenvalue weighted by atomic mass is 16.3. The van der Waals surface area contributed by atoms with E-state index in [0.29, 0.717) is 17.8 Å². The molecule has 2 heteroatoms. The molecule has 0 radical (unpaired) electrons. The number of hydrogen-bond acceptors (Lipinski definition) is 2. The van der Waals surface area contributed by atoms with Gasteiger partial charge in [-0.25, -0.2) is 0 Å². The molecule has 2 unspecified atom stereocenters. The van der Waals surface area contributed by atoms with Crippen LogP contribution in [0.2, 0.25) is 0 Å². The zero-order valence-electron chi connectivity index (χ0n) is 12.4. The van der Waals surface area contributed by atoms with Gasteiger partial charge in [0.15, 0.2) is 0 Å². The Kier molecular flexibility index (Phi) is 4.31. The molecule has 1 aromatic carbocycles. The van der Waals surface area contributed by atoms with Gasteiger partial charge in [0.25, 0.3) is 0 Å². The number of likely N-dealkylation sites (tertiary alicyclic amines) is 1. The van der Waals surface area contributed by atoms with E-state index >= 15 is 0 Å². The Morgan fingerprint density at radius 1 is 1.16 bits per heavy atom. The van der Waals surface area contributed by atoms with Crippen molar-refractivity contribution in [3.05, 3.63) is 35.9 Å². The quantitative estimate of drug-likeness (QED) is 0.870. The SMILES string of the molecule is CC.CC(C)N1CC2C=C(c3ccc(O)cc3)C1C2. The van der Waals surface area contributed by atoms with Gasteiger partial charge in [-0.1, -0.05) is 32.1 Å². The standard InChI is InChI=1S/C15H19NO.C2H6/c1-10(2)16-9-11-7-14(15(16)8-11)12-3-5-13(17)6-4-12;1-2/h3-7,10-11,15,17H,8-9H2,1-2H3;1-2H3. The van der Waals surface area contributed by atoms with Crippen molar-refractivity contribution in [2.45, 2.75) is 46.2 Å². The first-order valence-electron chi connectivity index (χ1n) is 7.42. The van der Waals surface area contributed by atoms with Gasteiger partial charge in [-0.15, -0.1) is 0 Å². The van der Waals surface area contributed by atoms with Crippen molar-refractivity contribution in [3.8, 4) is 5.75 Å². The van der Waals surface area contributed by atoms with Crippen LogP contribution < -0.4 is 0 Å². The van der Waals surface area contributed by atoms with E-state index < -0.39 is 0 Å². The molecule has 1 fully saturated rings. The van der Waals surface area contributed by atoms with Crippen LogP contribution >= 0.6 is 0 Å². The van der Waals surface area contributed by atoms with E-state index in [1.54, 1.807) is 12.1 Å². The lowest BCUT2D eigenvalue weighted by molar-refractivity contribution is 0.231. The highest BCUT2D eigenvalue weighted by Gasteiger charge is 2.40. The van der Waals surface area contributed by atoms with Crippen molar-refractivity contribution >= 4 is 5.57 Å². The molecule has 104 valence electrons. The monoisotopic (exact) mass is 259 g/mol. The van der Waals surface area contributed by atoms with Crippen molar-refractivity contribution in [2.75, 3.05) is 6.54 Å². The van der Waals surface area contributed by atoms with Crippen LogP contribution in [0, 0.1) is 5.92 Å². The maximum absolute atomic E-state index is 9.34. The molecule has 19 heavy (non-hydrogen) atoms. The van der Waals surface area contributed by atoms with Crippen molar-refractivity contribution in [2.24, 2.45) is 5.92 Å². The average Bonchev–Trinajstić information content (AvgIpc) is 3.02. The Morgan fingerprint density at radius 3 is 2.32 bits per heavy atom. The Bertz CT molecular complexity index is 447. The van der Waals surface area contributed by atoms with E-state index in [2.05, 4.69) is 24.8 Å². The molecule has 1 aliphatic heterocycles. The van der Waals surface area contributed by atoms with Gasteiger partial charge < -0.3 is 5.11 Å². The minimum Gasteiger partial charge on any atom is -0.508 e. The molecular weight excluding hydrogens is 234 g/mol. The van der Waals surface area contributed by atoms with Crippen LogP contribution in [0.4, 0.5) is 0 Å². The van der Waals surface area contributed by atoms with Crippen LogP contribution in [0.15, 0.2) is 30.3 Å². The number of rotatable bonds is 2. The minimum absolute atomic E-state index is 0.346. The zero-order chi connectivity index (χ0) is 14.0. The highest BCUT2D eigenvalue weighted by Crippen LogP contribution is 2.42. The summed E-state index contributed by atoms with van der Waals surface area (Å²) in [6.45, 7) is 9.76. The first-order valence-corrected chi connectivity index (χ1v) is 7.42. The number of benzene rings is 1. The number of nitrogens with zero attached hydrogens (tertiary/aromatic N) is 1. The van der Waals surface area contributed by atoms with Crippen molar-refractivity contribution in [3.63, 3.8) is 0 Å². The van der Waals surface area contributed by atoms with Crippen LogP contribution in [0.3, 0.4) is 0 Å². The predicted molar refractivity (Wildman–Crippen MR) is 81.2 cm³/mol. The summed E-state index contributed by atoms with van der Waals surface area (Å²) in [5.74, 6) is 1.07. The van der Waals surface area contributed by atoms with Crippen LogP contribution in [-0.2, 0) is 0 Å². The van der Waals surface area contributed by atoms with E-state index in [0.717, 1.165) is 5.92 Å². The molecular formula is C17H25NO. The third-order valence-corrected chi connectivity index (χ3v) is 4.01. The second kappa shape index (κ2) is 5.79. The first-order chi connectivity index (χ1) is 9.15. The molecule has 0 saturated carbocycles. The molecule has 1 aliphatic carbocycles. The van der Waals surface area contributed by atoms with Crippen LogP contribution in [0.5, 0.6) is 5.75 Å². The summed E-state index contributed by atoms with van der Waals surface area (Å²) in [7, 11) is 0. The minimum atomic E-state index is 0.346. The Morgan fingerprint density at radius 2 is 1.79 bits per heavy atom. The second-order valence-electron chi connectivity index (χ2n) is 5.47. The Balaban J connectivity index is 0.000000637. The average molecular weight is 259 g/mol. The van der Waals surface area contributed by atoms with Gasteiger partial charge in [-0.3, -0.25) is 4.90 Å². The number of phenols is 1. The second-order valence-corrected chi connectivity index (χ2v) is 5.47. The van der Waals surface area contributed by atoms with Crippen LogP contribution in [0.25, 0.3) is 5.57 Å². The number of hydrogen-bond donors (Lipinski definition) is 1. The molecule has 0 amide bonds. The van der Waals surface area contributed by atoms with E-state index in [9.17, 15) is 5.11 Å². The fourth-order valence-corrected chi connectivity index (χ4v) is 3.20. The Hall–Kier alpha value is -1.28. The summed E-state index contributed by atoms with van der Waals surface area (Å²) in [4.78, 5) is 2.59. The lowest BCUT2D eigenvalue weighted by Gasteiger charge is -2.31. The van der Waals surface area contributed by atoms with E-state index in [4.69, 9.17) is 0 Å². The summed E-state index contributed by atoms with van der Waals surface area (Å²) in [6, 6.07) is 8.82. The van der Waals surface area contributed by atoms with Gasteiger partial charge in [0.05, 0.1) is 0 Å².